The molecule has 0 aromatic carbocycles. The summed E-state index contributed by atoms with van der Waals surface area (Å²) in [6, 6.07) is 0. The number of hydrogen-bond donors (Lipinski definition) is 3. The molecule has 0 rings (SSSR count). The number of aliphatic carboxylic acids is 2. The lowest BCUT2D eigenvalue weighted by Gasteiger charge is -2.25. The summed E-state index contributed by atoms with van der Waals surface area (Å²) in [5, 5.41) is 17.9. The van der Waals surface area contributed by atoms with E-state index in [4.69, 9.17) is 5.11 Å². The zero-order chi connectivity index (χ0) is 15.8. The fraction of sp³-hybridized carbons (Fsp3) is 0.692. The molecule has 116 valence electrons. The van der Waals surface area contributed by atoms with Crippen LogP contribution in [0.25, 0.3) is 0 Å². The number of unbranched alkanes of at least 4 members (excludes halogenated alkanes) is 1. The van der Waals surface area contributed by atoms with Crippen molar-refractivity contribution < 1.29 is 29.3 Å². The van der Waals surface area contributed by atoms with E-state index in [2.05, 4.69) is 0 Å². The average molecular weight is 306 g/mol. The van der Waals surface area contributed by atoms with Crippen LogP contribution in [0.1, 0.15) is 39.5 Å². The smallest absolute Gasteiger partial charge is 0.307 e. The molecule has 0 heterocycles. The second kappa shape index (κ2) is 8.93. The van der Waals surface area contributed by atoms with Crippen molar-refractivity contribution in [3.05, 3.63) is 12.2 Å². The molecule has 3 N–H and O–H groups in total. The fourth-order valence-corrected chi connectivity index (χ4v) is 4.35. The van der Waals surface area contributed by atoms with Crippen molar-refractivity contribution in [1.82, 2.24) is 0 Å². The number of hydrogen-bond acceptors (Lipinski definition) is 3. The number of rotatable bonds is 10. The average Bonchev–Trinajstić information content (AvgIpc) is 2.34. The summed E-state index contributed by atoms with van der Waals surface area (Å²) in [6.45, 7) is 3.52. The lowest BCUT2D eigenvalue weighted by atomic mass is 9.99. The molecule has 0 aliphatic heterocycles. The maximum atomic E-state index is 12.3. The van der Waals surface area contributed by atoms with Crippen LogP contribution in [0.4, 0.5) is 0 Å². The van der Waals surface area contributed by atoms with Crippen LogP contribution in [0.5, 0.6) is 0 Å². The van der Waals surface area contributed by atoms with Crippen LogP contribution in [0.2, 0.25) is 0 Å². The largest absolute Gasteiger partial charge is 0.481 e. The maximum Gasteiger partial charge on any atom is 0.307 e. The highest BCUT2D eigenvalue weighted by atomic mass is 31.2. The van der Waals surface area contributed by atoms with Gasteiger partial charge in [-0.05, 0) is 19.8 Å². The highest BCUT2D eigenvalue weighted by Crippen LogP contribution is 2.51. The minimum Gasteiger partial charge on any atom is -0.481 e. The lowest BCUT2D eigenvalue weighted by molar-refractivity contribution is -0.142. The van der Waals surface area contributed by atoms with Gasteiger partial charge in [0.15, 0.2) is 0 Å². The lowest BCUT2D eigenvalue weighted by Crippen LogP contribution is -2.28. The van der Waals surface area contributed by atoms with E-state index in [1.54, 1.807) is 6.92 Å². The van der Waals surface area contributed by atoms with Crippen molar-refractivity contribution in [3.63, 3.8) is 0 Å². The number of carboxylic acid groups (broad SMARTS) is 2. The normalized spacial score (nSPS) is 17.6. The van der Waals surface area contributed by atoms with E-state index in [-0.39, 0.29) is 19.0 Å². The van der Waals surface area contributed by atoms with Crippen molar-refractivity contribution in [2.75, 3.05) is 6.16 Å². The molecule has 3 unspecified atom stereocenters. The van der Waals surface area contributed by atoms with Gasteiger partial charge in [-0.1, -0.05) is 25.5 Å². The van der Waals surface area contributed by atoms with E-state index < -0.39 is 30.9 Å². The van der Waals surface area contributed by atoms with E-state index in [0.717, 1.165) is 6.42 Å². The SMILES string of the molecule is C/C=C/C(C(CCC(=O)O)C(=O)O)P(=O)(O)CCCC. The van der Waals surface area contributed by atoms with E-state index in [0.29, 0.717) is 6.42 Å². The first-order chi connectivity index (χ1) is 9.26. The maximum absolute atomic E-state index is 12.3. The van der Waals surface area contributed by atoms with E-state index in [1.807, 2.05) is 6.92 Å². The van der Waals surface area contributed by atoms with Crippen LogP contribution in [-0.2, 0) is 14.2 Å². The first-order valence-corrected chi connectivity index (χ1v) is 8.56. The van der Waals surface area contributed by atoms with Crippen LogP contribution >= 0.6 is 7.37 Å². The molecule has 0 aliphatic carbocycles. The first-order valence-electron chi connectivity index (χ1n) is 6.65. The summed E-state index contributed by atoms with van der Waals surface area (Å²) in [7, 11) is -3.67. The molecule has 0 saturated carbocycles. The molecule has 20 heavy (non-hydrogen) atoms. The van der Waals surface area contributed by atoms with Gasteiger partial charge < -0.3 is 15.1 Å². The topological polar surface area (TPSA) is 112 Å². The molecule has 0 aliphatic rings. The van der Waals surface area contributed by atoms with Crippen molar-refractivity contribution in [2.24, 2.45) is 5.92 Å². The third-order valence-electron chi connectivity index (χ3n) is 3.09. The van der Waals surface area contributed by atoms with E-state index >= 15 is 0 Å². The summed E-state index contributed by atoms with van der Waals surface area (Å²) in [5.74, 6) is -3.51. The Morgan fingerprint density at radius 1 is 1.30 bits per heavy atom. The van der Waals surface area contributed by atoms with Crippen LogP contribution in [-0.4, -0.2) is 38.9 Å². The number of carbonyl (C=O) groups is 2. The van der Waals surface area contributed by atoms with Crippen LogP contribution in [0.3, 0.4) is 0 Å². The van der Waals surface area contributed by atoms with Crippen molar-refractivity contribution in [1.29, 1.82) is 0 Å². The minimum atomic E-state index is -3.67. The molecular formula is C13H23O6P. The Bertz CT molecular complexity index is 404. The molecular weight excluding hydrogens is 283 g/mol. The third kappa shape index (κ3) is 6.35. The molecule has 7 heteroatoms. The third-order valence-corrected chi connectivity index (χ3v) is 5.51. The van der Waals surface area contributed by atoms with Gasteiger partial charge in [0.05, 0.1) is 11.6 Å². The van der Waals surface area contributed by atoms with Gasteiger partial charge in [0.2, 0.25) is 7.37 Å². The monoisotopic (exact) mass is 306 g/mol. The van der Waals surface area contributed by atoms with Gasteiger partial charge in [-0.3, -0.25) is 14.2 Å². The summed E-state index contributed by atoms with van der Waals surface area (Å²) in [5.41, 5.74) is -1.03. The Morgan fingerprint density at radius 3 is 2.30 bits per heavy atom. The quantitative estimate of drug-likeness (QED) is 0.422. The van der Waals surface area contributed by atoms with Gasteiger partial charge in [-0.25, -0.2) is 0 Å². The second-order valence-corrected chi connectivity index (χ2v) is 7.28. The van der Waals surface area contributed by atoms with Gasteiger partial charge in [0, 0.05) is 12.6 Å². The first kappa shape index (κ1) is 18.9. The fourth-order valence-electron chi connectivity index (χ4n) is 2.00. The Morgan fingerprint density at radius 2 is 1.90 bits per heavy atom. The molecule has 6 nitrogen and oxygen atoms in total. The highest BCUT2D eigenvalue weighted by molar-refractivity contribution is 7.59. The van der Waals surface area contributed by atoms with E-state index in [1.165, 1.54) is 12.2 Å². The summed E-state index contributed by atoms with van der Waals surface area (Å²) in [4.78, 5) is 32.0. The Balaban J connectivity index is 5.21. The van der Waals surface area contributed by atoms with E-state index in [9.17, 15) is 24.2 Å². The highest BCUT2D eigenvalue weighted by Gasteiger charge is 2.38. The molecule has 0 bridgehead atoms. The zero-order valence-electron chi connectivity index (χ0n) is 11.9. The predicted molar refractivity (Wildman–Crippen MR) is 76.2 cm³/mol. The van der Waals surface area contributed by atoms with Crippen molar-refractivity contribution >= 4 is 19.3 Å². The Labute approximate surface area is 119 Å². The minimum absolute atomic E-state index is 0.0510. The predicted octanol–water partition coefficient (Wildman–Crippen LogP) is 2.57. The molecule has 0 fully saturated rings. The van der Waals surface area contributed by atoms with Crippen molar-refractivity contribution in [2.45, 2.75) is 45.2 Å². The molecule has 3 atom stereocenters. The molecule has 0 amide bonds. The summed E-state index contributed by atoms with van der Waals surface area (Å²) >= 11 is 0. The standard InChI is InChI=1S/C13H23O6P/c1-3-5-9-20(18,19)11(6-4-2)10(13(16)17)7-8-12(14)15/h4,6,10-11H,3,5,7-9H2,1-2H3,(H,14,15)(H,16,17)(H,18,19)/b6-4+. The number of allylic oxidation sites excluding steroid dienone is 2. The molecule has 0 spiro atoms. The van der Waals surface area contributed by atoms with Gasteiger partial charge in [0.1, 0.15) is 0 Å². The van der Waals surface area contributed by atoms with Crippen LogP contribution in [0.15, 0.2) is 12.2 Å². The molecule has 0 radical (unpaired) electrons. The molecule has 0 aromatic heterocycles. The van der Waals surface area contributed by atoms with Crippen LogP contribution < -0.4 is 0 Å². The van der Waals surface area contributed by atoms with Gasteiger partial charge >= 0.3 is 11.9 Å². The number of carboxylic acids is 2. The van der Waals surface area contributed by atoms with Gasteiger partial charge in [-0.2, -0.15) is 0 Å². The zero-order valence-corrected chi connectivity index (χ0v) is 12.8. The Kier molecular flexibility index (Phi) is 8.42. The summed E-state index contributed by atoms with van der Waals surface area (Å²) < 4.78 is 12.3. The van der Waals surface area contributed by atoms with Gasteiger partial charge in [-0.15, -0.1) is 0 Å². The molecule has 0 saturated heterocycles. The van der Waals surface area contributed by atoms with Gasteiger partial charge in [0.25, 0.3) is 0 Å². The molecule has 0 aromatic rings. The second-order valence-electron chi connectivity index (χ2n) is 4.73. The summed E-state index contributed by atoms with van der Waals surface area (Å²) in [6.07, 6.45) is 3.78. The Hall–Kier alpha value is -1.13. The van der Waals surface area contributed by atoms with Crippen LogP contribution in [0, 0.1) is 5.92 Å². The van der Waals surface area contributed by atoms with Crippen molar-refractivity contribution in [3.8, 4) is 0 Å².